The molecule has 0 unspecified atom stereocenters. The third-order valence-electron chi connectivity index (χ3n) is 4.57. The number of carbonyl (C=O) groups is 1. The minimum absolute atomic E-state index is 0.0404. The van der Waals surface area contributed by atoms with E-state index < -0.39 is 0 Å². The van der Waals surface area contributed by atoms with Crippen LogP contribution in [0.1, 0.15) is 5.56 Å². The van der Waals surface area contributed by atoms with Gasteiger partial charge in [-0.2, -0.15) is 5.26 Å². The molecule has 1 atom stereocenters. The number of anilines is 1. The molecule has 0 aliphatic carbocycles. The second kappa shape index (κ2) is 7.55. The Bertz CT molecular complexity index is 1060. The Hall–Kier alpha value is -3.63. The molecule has 1 saturated heterocycles. The van der Waals surface area contributed by atoms with Crippen molar-refractivity contribution in [3.8, 4) is 17.6 Å². The van der Waals surface area contributed by atoms with E-state index in [4.69, 9.17) is 9.47 Å². The van der Waals surface area contributed by atoms with Gasteiger partial charge in [-0.15, -0.1) is 0 Å². The number of nitrogens with zero attached hydrogens (tertiary/aromatic N) is 3. The third-order valence-corrected chi connectivity index (χ3v) is 4.57. The van der Waals surface area contributed by atoms with Gasteiger partial charge in [-0.3, -0.25) is 9.78 Å². The minimum Gasteiger partial charge on any atom is -0.508 e. The van der Waals surface area contributed by atoms with Crippen molar-refractivity contribution >= 4 is 22.5 Å². The van der Waals surface area contributed by atoms with Gasteiger partial charge < -0.3 is 19.5 Å². The van der Waals surface area contributed by atoms with Gasteiger partial charge in [-0.25, -0.2) is 0 Å². The predicted molar refractivity (Wildman–Crippen MR) is 102 cm³/mol. The van der Waals surface area contributed by atoms with Gasteiger partial charge in [-0.05, 0) is 36.4 Å². The van der Waals surface area contributed by atoms with E-state index in [1.54, 1.807) is 35.4 Å². The number of nitriles is 1. The molecule has 7 nitrogen and oxygen atoms in total. The largest absolute Gasteiger partial charge is 0.508 e. The Morgan fingerprint density at radius 2 is 2.07 bits per heavy atom. The highest BCUT2D eigenvalue weighted by atomic mass is 16.5. The molecule has 2 heterocycles. The van der Waals surface area contributed by atoms with E-state index >= 15 is 0 Å². The lowest BCUT2D eigenvalue weighted by molar-refractivity contribution is -0.130. The second-order valence-electron chi connectivity index (χ2n) is 6.39. The fourth-order valence-corrected chi connectivity index (χ4v) is 3.15. The zero-order valence-electron chi connectivity index (χ0n) is 14.9. The zero-order valence-corrected chi connectivity index (χ0v) is 14.9. The number of hydrogen-bond donors (Lipinski definition) is 1. The molecule has 4 rings (SSSR count). The van der Waals surface area contributed by atoms with E-state index in [9.17, 15) is 15.2 Å². The van der Waals surface area contributed by atoms with Crippen molar-refractivity contribution in [1.82, 2.24) is 4.98 Å². The number of fused-ring (bicyclic) bond motifs is 1. The first-order valence-electron chi connectivity index (χ1n) is 8.77. The van der Waals surface area contributed by atoms with Gasteiger partial charge in [0.05, 0.1) is 18.2 Å². The summed E-state index contributed by atoms with van der Waals surface area (Å²) in [6.07, 6.45) is 1.26. The van der Waals surface area contributed by atoms with Crippen molar-refractivity contribution < 1.29 is 19.4 Å². The quantitative estimate of drug-likeness (QED) is 0.753. The summed E-state index contributed by atoms with van der Waals surface area (Å²) in [4.78, 5) is 18.2. The number of phenolic OH excluding ortho intramolecular Hbond substituents is 1. The summed E-state index contributed by atoms with van der Waals surface area (Å²) >= 11 is 0. The molecule has 28 heavy (non-hydrogen) atoms. The van der Waals surface area contributed by atoms with E-state index in [2.05, 4.69) is 11.1 Å². The molecule has 140 valence electrons. The number of carbonyl (C=O) groups excluding carboxylic acids is 1. The maximum Gasteiger partial charge on any atom is 0.253 e. The van der Waals surface area contributed by atoms with Crippen molar-refractivity contribution in [1.29, 1.82) is 5.26 Å². The van der Waals surface area contributed by atoms with Crippen LogP contribution in [0.5, 0.6) is 11.5 Å². The van der Waals surface area contributed by atoms with Crippen molar-refractivity contribution in [2.75, 3.05) is 24.7 Å². The number of para-hydroxylation sites is 1. The Kier molecular flexibility index (Phi) is 4.79. The molecule has 0 saturated carbocycles. The molecule has 0 bridgehead atoms. The molecule has 1 fully saturated rings. The molecule has 7 heteroatoms. The van der Waals surface area contributed by atoms with Gasteiger partial charge in [-0.1, -0.05) is 12.1 Å². The fourth-order valence-electron chi connectivity index (χ4n) is 3.15. The van der Waals surface area contributed by atoms with Crippen LogP contribution in [0.2, 0.25) is 0 Å². The monoisotopic (exact) mass is 375 g/mol. The molecule has 0 spiro atoms. The first kappa shape index (κ1) is 17.8. The molecular formula is C21H17N3O4. The molecule has 3 aromatic rings. The lowest BCUT2D eigenvalue weighted by Gasteiger charge is -2.32. The maximum atomic E-state index is 12.2. The van der Waals surface area contributed by atoms with Crippen LogP contribution >= 0.6 is 0 Å². The number of pyridine rings is 1. The van der Waals surface area contributed by atoms with E-state index in [1.807, 2.05) is 12.1 Å². The van der Waals surface area contributed by atoms with E-state index in [1.165, 1.54) is 12.1 Å². The van der Waals surface area contributed by atoms with Crippen LogP contribution in [0.15, 0.2) is 54.7 Å². The van der Waals surface area contributed by atoms with Gasteiger partial charge in [0.15, 0.2) is 0 Å². The Balaban J connectivity index is 1.50. The zero-order chi connectivity index (χ0) is 19.5. The number of hydrogen-bond acceptors (Lipinski definition) is 6. The van der Waals surface area contributed by atoms with Gasteiger partial charge in [0, 0.05) is 17.3 Å². The third kappa shape index (κ3) is 3.46. The number of amides is 1. The van der Waals surface area contributed by atoms with Crippen molar-refractivity contribution in [2.24, 2.45) is 0 Å². The summed E-state index contributed by atoms with van der Waals surface area (Å²) in [5.74, 6) is 0.559. The second-order valence-corrected chi connectivity index (χ2v) is 6.39. The highest BCUT2D eigenvalue weighted by Gasteiger charge is 2.28. The average Bonchev–Trinajstić information content (AvgIpc) is 2.73. The van der Waals surface area contributed by atoms with Gasteiger partial charge in [0.25, 0.3) is 5.91 Å². The number of rotatable bonds is 4. The van der Waals surface area contributed by atoms with Gasteiger partial charge in [0.2, 0.25) is 0 Å². The highest BCUT2D eigenvalue weighted by Crippen LogP contribution is 2.27. The van der Waals surface area contributed by atoms with Crippen LogP contribution in [0.25, 0.3) is 10.9 Å². The molecule has 1 aliphatic rings. The molecule has 2 aromatic carbocycles. The number of benzene rings is 2. The number of ether oxygens (including phenoxy) is 2. The lowest BCUT2D eigenvalue weighted by Crippen LogP contribution is -2.48. The van der Waals surface area contributed by atoms with Crippen molar-refractivity contribution in [3.63, 3.8) is 0 Å². The van der Waals surface area contributed by atoms with Gasteiger partial charge in [0.1, 0.15) is 36.3 Å². The average molecular weight is 375 g/mol. The van der Waals surface area contributed by atoms with E-state index in [0.29, 0.717) is 29.1 Å². The highest BCUT2D eigenvalue weighted by molar-refractivity contribution is 5.95. The Labute approximate surface area is 161 Å². The molecule has 0 radical (unpaired) electrons. The van der Waals surface area contributed by atoms with Crippen LogP contribution in [0, 0.1) is 11.3 Å². The van der Waals surface area contributed by atoms with Crippen LogP contribution in [0.4, 0.5) is 5.69 Å². The summed E-state index contributed by atoms with van der Waals surface area (Å²) in [6, 6.07) is 15.7. The lowest BCUT2D eigenvalue weighted by atomic mass is 10.1. The normalized spacial score (nSPS) is 16.8. The summed E-state index contributed by atoms with van der Waals surface area (Å²) in [7, 11) is 0. The van der Waals surface area contributed by atoms with Crippen LogP contribution in [-0.2, 0) is 9.53 Å². The molecule has 1 amide bonds. The molecule has 1 aliphatic heterocycles. The Morgan fingerprint density at radius 3 is 2.86 bits per heavy atom. The molecule has 1 N–H and O–H groups in total. The first-order chi connectivity index (χ1) is 13.7. The van der Waals surface area contributed by atoms with Crippen molar-refractivity contribution in [2.45, 2.75) is 6.10 Å². The summed E-state index contributed by atoms with van der Waals surface area (Å²) in [6.45, 7) is 0.534. The number of phenols is 1. The van der Waals surface area contributed by atoms with Crippen LogP contribution in [0.3, 0.4) is 0 Å². The number of morpholine rings is 1. The molecule has 1 aromatic heterocycles. The first-order valence-corrected chi connectivity index (χ1v) is 8.77. The fraction of sp³-hybridized carbons (Fsp3) is 0.190. The number of aromatic hydroxyl groups is 1. The maximum absolute atomic E-state index is 12.2. The summed E-state index contributed by atoms with van der Waals surface area (Å²) in [5.41, 5.74) is 1.85. The molecular weight excluding hydrogens is 358 g/mol. The van der Waals surface area contributed by atoms with Crippen molar-refractivity contribution in [3.05, 3.63) is 60.3 Å². The summed E-state index contributed by atoms with van der Waals surface area (Å²) in [5, 5.41) is 19.4. The van der Waals surface area contributed by atoms with Crippen LogP contribution in [-0.4, -0.2) is 41.9 Å². The Morgan fingerprint density at radius 1 is 1.25 bits per heavy atom. The van der Waals surface area contributed by atoms with Gasteiger partial charge >= 0.3 is 0 Å². The standard InChI is InChI=1S/C21H17N3O4/c22-10-14-8-9-23-21-18(14)2-1-3-19(21)28-12-17-11-24(20(26)13-27-17)15-4-6-16(25)7-5-15/h1-9,17,25H,11-13H2/t17-/m0/s1. The smallest absolute Gasteiger partial charge is 0.253 e. The van der Waals surface area contributed by atoms with E-state index in [0.717, 1.165) is 5.39 Å². The van der Waals surface area contributed by atoms with Crippen LogP contribution < -0.4 is 9.64 Å². The van der Waals surface area contributed by atoms with E-state index in [-0.39, 0.29) is 31.0 Å². The number of aromatic nitrogens is 1. The summed E-state index contributed by atoms with van der Waals surface area (Å²) < 4.78 is 11.5. The minimum atomic E-state index is -0.319. The topological polar surface area (TPSA) is 95.7 Å². The predicted octanol–water partition coefficient (Wildman–Crippen LogP) is 2.62. The SMILES string of the molecule is N#Cc1ccnc2c(OC[C@@H]3CN(c4ccc(O)cc4)C(=O)CO3)cccc12.